The largest absolute Gasteiger partial charge is 0.456 e. The van der Waals surface area contributed by atoms with Crippen LogP contribution >= 0.6 is 0 Å². The van der Waals surface area contributed by atoms with Crippen molar-refractivity contribution in [1.29, 1.82) is 0 Å². The van der Waals surface area contributed by atoms with Gasteiger partial charge in [0.15, 0.2) is 0 Å². The van der Waals surface area contributed by atoms with Crippen LogP contribution in [-0.2, 0) is 5.41 Å². The molecule has 0 saturated heterocycles. The van der Waals surface area contributed by atoms with Crippen LogP contribution in [0.15, 0.2) is 239 Å². The highest BCUT2D eigenvalue weighted by Gasteiger charge is 2.37. The van der Waals surface area contributed by atoms with Crippen LogP contribution in [0.3, 0.4) is 0 Å². The minimum absolute atomic E-state index is 0.0878. The topological polar surface area (TPSA) is 36.1 Å². The van der Waals surface area contributed by atoms with Crippen molar-refractivity contribution >= 4 is 87.5 Å². The molecule has 0 aliphatic heterocycles. The molecule has 4 heteroatoms. The average molecular weight is 933 g/mol. The smallest absolute Gasteiger partial charge is 0.143 e. The summed E-state index contributed by atoms with van der Waals surface area (Å²) in [7, 11) is 0. The van der Waals surface area contributed by atoms with Gasteiger partial charge in [-0.25, -0.2) is 0 Å². The maximum Gasteiger partial charge on any atom is 0.143 e. The summed E-state index contributed by atoms with van der Waals surface area (Å²) in [6.07, 6.45) is 0. The Hall–Kier alpha value is -9.38. The second-order valence-electron chi connectivity index (χ2n) is 20.4. The van der Waals surface area contributed by atoms with Gasteiger partial charge >= 0.3 is 0 Å². The van der Waals surface area contributed by atoms with Gasteiger partial charge in [0, 0.05) is 71.0 Å². The fraction of sp³-hybridized carbons (Fsp3) is 0.0435. The Balaban J connectivity index is 0.802. The third-order valence-corrected chi connectivity index (χ3v) is 16.1. The molecule has 0 bridgehead atoms. The maximum atomic E-state index is 6.98. The summed E-state index contributed by atoms with van der Waals surface area (Å²) in [5, 5.41) is 9.43. The van der Waals surface area contributed by atoms with E-state index in [0.717, 1.165) is 83.0 Å². The van der Waals surface area contributed by atoms with Gasteiger partial charge < -0.3 is 18.0 Å². The Kier molecular flexibility index (Phi) is 8.20. The molecule has 0 spiro atoms. The van der Waals surface area contributed by atoms with E-state index in [2.05, 4.69) is 241 Å². The number of benzene rings is 11. The van der Waals surface area contributed by atoms with Crippen molar-refractivity contribution in [1.82, 2.24) is 9.13 Å². The molecule has 0 fully saturated rings. The van der Waals surface area contributed by atoms with Crippen molar-refractivity contribution in [2.75, 3.05) is 0 Å². The van der Waals surface area contributed by atoms with Gasteiger partial charge in [-0.15, -0.1) is 0 Å². The molecule has 0 unspecified atom stereocenters. The van der Waals surface area contributed by atoms with E-state index in [4.69, 9.17) is 8.83 Å². The minimum atomic E-state index is -0.0878. The highest BCUT2D eigenvalue weighted by molar-refractivity contribution is 6.16. The molecule has 73 heavy (non-hydrogen) atoms. The van der Waals surface area contributed by atoms with E-state index in [1.807, 2.05) is 12.1 Å². The lowest BCUT2D eigenvalue weighted by Crippen LogP contribution is -2.14. The van der Waals surface area contributed by atoms with Crippen LogP contribution in [-0.4, -0.2) is 9.13 Å². The van der Waals surface area contributed by atoms with E-state index in [1.54, 1.807) is 0 Å². The Bertz CT molecular complexity index is 4810. The lowest BCUT2D eigenvalue weighted by Gasteiger charge is -2.21. The number of hydrogen-bond donors (Lipinski definition) is 0. The summed E-state index contributed by atoms with van der Waals surface area (Å²) in [5.41, 5.74) is 22.6. The van der Waals surface area contributed by atoms with Crippen molar-refractivity contribution in [2.45, 2.75) is 19.3 Å². The van der Waals surface area contributed by atoms with Crippen LogP contribution in [0.25, 0.3) is 143 Å². The van der Waals surface area contributed by atoms with Crippen molar-refractivity contribution in [3.63, 3.8) is 0 Å². The van der Waals surface area contributed by atoms with Gasteiger partial charge in [-0.3, -0.25) is 0 Å². The fourth-order valence-electron chi connectivity index (χ4n) is 12.6. The van der Waals surface area contributed by atoms with Gasteiger partial charge in [-0.2, -0.15) is 0 Å². The molecule has 1 aliphatic rings. The summed E-state index contributed by atoms with van der Waals surface area (Å²) >= 11 is 0. The summed E-state index contributed by atoms with van der Waals surface area (Å²) in [4.78, 5) is 0. The van der Waals surface area contributed by atoms with Crippen molar-refractivity contribution in [3.8, 4) is 55.9 Å². The SMILES string of the molecule is CC1(C)c2ccccc2-c2c1ccc1c2oc2c(-c3ccc(-c4ccc5c(c4)c4ccc(-c6ccc7c8ccccc8n(-c8ccc9oc%10ccccc%10c9c8)c7c6)cc4n5-c4ccccc4)cc3)cccc21. The third-order valence-electron chi connectivity index (χ3n) is 16.1. The molecule has 0 atom stereocenters. The third kappa shape index (κ3) is 5.72. The van der Waals surface area contributed by atoms with Gasteiger partial charge in [0.25, 0.3) is 0 Å². The Morgan fingerprint density at radius 1 is 0.301 bits per heavy atom. The molecule has 1 aliphatic carbocycles. The first-order valence-corrected chi connectivity index (χ1v) is 25.2. The molecule has 0 N–H and O–H groups in total. The number of rotatable bonds is 5. The van der Waals surface area contributed by atoms with E-state index in [9.17, 15) is 0 Å². The number of furan rings is 2. The van der Waals surface area contributed by atoms with Gasteiger partial charge in [-0.05, 0) is 111 Å². The first-order chi connectivity index (χ1) is 35.9. The molecule has 16 rings (SSSR count). The fourth-order valence-corrected chi connectivity index (χ4v) is 12.6. The van der Waals surface area contributed by atoms with Crippen LogP contribution < -0.4 is 0 Å². The molecule has 0 saturated carbocycles. The maximum absolute atomic E-state index is 6.98. The second kappa shape index (κ2) is 14.8. The summed E-state index contributed by atoms with van der Waals surface area (Å²) < 4.78 is 18.1. The highest BCUT2D eigenvalue weighted by Crippen LogP contribution is 2.53. The normalized spacial score (nSPS) is 13.2. The predicted octanol–water partition coefficient (Wildman–Crippen LogP) is 19.0. The number of nitrogens with zero attached hydrogens (tertiary/aromatic N) is 2. The summed E-state index contributed by atoms with van der Waals surface area (Å²) in [5.74, 6) is 0. The lowest BCUT2D eigenvalue weighted by molar-refractivity contribution is 0.653. The van der Waals surface area contributed by atoms with Crippen LogP contribution in [0.1, 0.15) is 25.0 Å². The molecular weight excluding hydrogens is 889 g/mol. The Morgan fingerprint density at radius 2 is 0.877 bits per heavy atom. The molecular formula is C69H44N2O2. The quantitative estimate of drug-likeness (QED) is 0.172. The van der Waals surface area contributed by atoms with Gasteiger partial charge in [-0.1, -0.05) is 178 Å². The zero-order valence-electron chi connectivity index (χ0n) is 40.2. The monoisotopic (exact) mass is 932 g/mol. The number of hydrogen-bond acceptors (Lipinski definition) is 2. The average Bonchev–Trinajstić information content (AvgIpc) is 4.27. The predicted molar refractivity (Wildman–Crippen MR) is 304 cm³/mol. The molecule has 0 amide bonds. The van der Waals surface area contributed by atoms with Crippen molar-refractivity contribution in [3.05, 3.63) is 242 Å². The molecule has 0 radical (unpaired) electrons. The zero-order valence-corrected chi connectivity index (χ0v) is 40.2. The first kappa shape index (κ1) is 40.4. The van der Waals surface area contributed by atoms with Crippen LogP contribution in [0.4, 0.5) is 0 Å². The molecule has 4 aromatic heterocycles. The number of para-hydroxylation sites is 4. The van der Waals surface area contributed by atoms with E-state index < -0.39 is 0 Å². The van der Waals surface area contributed by atoms with Gasteiger partial charge in [0.05, 0.1) is 22.1 Å². The van der Waals surface area contributed by atoms with E-state index in [0.29, 0.717) is 0 Å². The Morgan fingerprint density at radius 3 is 1.71 bits per heavy atom. The van der Waals surface area contributed by atoms with E-state index >= 15 is 0 Å². The second-order valence-corrected chi connectivity index (χ2v) is 20.4. The van der Waals surface area contributed by atoms with Crippen LogP contribution in [0, 0.1) is 0 Å². The number of fused-ring (bicyclic) bond motifs is 16. The summed E-state index contributed by atoms with van der Waals surface area (Å²) in [6.45, 7) is 4.64. The van der Waals surface area contributed by atoms with Crippen molar-refractivity contribution in [2.24, 2.45) is 0 Å². The molecule has 4 nitrogen and oxygen atoms in total. The standard InChI is InChI=1S/C69H44N2O2/c1-69(2)58-20-9-6-17-55(58)66-59(69)34-33-54-53-19-12-18-48(67(53)73-68(54)66)42-25-23-41(24-26-42)43-29-35-61-56(37-43)51-32-28-45(39-63(51)70(61)46-13-4-3-5-14-46)44-27-31-50-49-15-7-10-21-60(49)71(62(50)38-44)47-30-36-65-57(40-47)52-16-8-11-22-64(52)72-65/h3-40H,1-2H3. The zero-order chi connectivity index (χ0) is 48.1. The molecule has 15 aromatic rings. The molecule has 342 valence electrons. The van der Waals surface area contributed by atoms with E-state index in [-0.39, 0.29) is 5.41 Å². The van der Waals surface area contributed by atoms with E-state index in [1.165, 1.54) is 71.5 Å². The minimum Gasteiger partial charge on any atom is -0.456 e. The number of aromatic nitrogens is 2. The van der Waals surface area contributed by atoms with Gasteiger partial charge in [0.1, 0.15) is 22.3 Å². The lowest BCUT2D eigenvalue weighted by atomic mass is 9.82. The molecule has 4 heterocycles. The Labute approximate surface area is 420 Å². The molecule has 11 aromatic carbocycles. The van der Waals surface area contributed by atoms with Crippen LogP contribution in [0.5, 0.6) is 0 Å². The first-order valence-electron chi connectivity index (χ1n) is 25.2. The highest BCUT2D eigenvalue weighted by atomic mass is 16.3. The van der Waals surface area contributed by atoms with Gasteiger partial charge in [0.2, 0.25) is 0 Å². The summed E-state index contributed by atoms with van der Waals surface area (Å²) in [6, 6.07) is 84.2. The van der Waals surface area contributed by atoms with Crippen LogP contribution in [0.2, 0.25) is 0 Å². The van der Waals surface area contributed by atoms with Crippen molar-refractivity contribution < 1.29 is 8.83 Å².